The predicted octanol–water partition coefficient (Wildman–Crippen LogP) is 2.67. The molecule has 2 rings (SSSR count). The van der Waals surface area contributed by atoms with Gasteiger partial charge in [0.15, 0.2) is 5.82 Å². The van der Waals surface area contributed by atoms with Gasteiger partial charge in [-0.05, 0) is 26.0 Å². The molecule has 0 fully saturated rings. The van der Waals surface area contributed by atoms with Crippen molar-refractivity contribution in [1.82, 2.24) is 9.97 Å². The number of hydrogen-bond acceptors (Lipinski definition) is 5. The molecule has 0 aliphatic rings. The Bertz CT molecular complexity index is 656. The summed E-state index contributed by atoms with van der Waals surface area (Å²) in [5.41, 5.74) is 0.756. The summed E-state index contributed by atoms with van der Waals surface area (Å²) >= 11 is 0. The smallest absolute Gasteiger partial charge is 0.341 e. The van der Waals surface area contributed by atoms with Gasteiger partial charge >= 0.3 is 5.97 Å². The minimum absolute atomic E-state index is 0.0438. The number of carboxylic acid groups (broad SMARTS) is 1. The third kappa shape index (κ3) is 3.28. The van der Waals surface area contributed by atoms with E-state index < -0.39 is 5.97 Å². The predicted molar refractivity (Wildman–Crippen MR) is 79.7 cm³/mol. The van der Waals surface area contributed by atoms with E-state index in [9.17, 15) is 9.90 Å². The molecular weight excluding hydrogens is 270 g/mol. The van der Waals surface area contributed by atoms with Gasteiger partial charge in [-0.25, -0.2) is 14.8 Å². The zero-order valence-corrected chi connectivity index (χ0v) is 12.1. The highest BCUT2D eigenvalue weighted by Crippen LogP contribution is 2.28. The van der Waals surface area contributed by atoms with Crippen molar-refractivity contribution in [3.05, 3.63) is 36.0 Å². The lowest BCUT2D eigenvalue weighted by molar-refractivity contribution is 0.0697. The average molecular weight is 287 g/mol. The van der Waals surface area contributed by atoms with Gasteiger partial charge in [-0.3, -0.25) is 0 Å². The lowest BCUT2D eigenvalue weighted by Gasteiger charge is -2.13. The lowest BCUT2D eigenvalue weighted by atomic mass is 10.2. The van der Waals surface area contributed by atoms with E-state index in [-0.39, 0.29) is 11.6 Å². The third-order valence-electron chi connectivity index (χ3n) is 2.79. The van der Waals surface area contributed by atoms with Crippen LogP contribution in [0.4, 0.5) is 5.82 Å². The maximum absolute atomic E-state index is 11.2. The van der Waals surface area contributed by atoms with Crippen LogP contribution in [0, 0.1) is 0 Å². The van der Waals surface area contributed by atoms with E-state index in [1.807, 2.05) is 32.0 Å². The molecule has 0 saturated carbocycles. The van der Waals surface area contributed by atoms with Gasteiger partial charge in [0.05, 0.1) is 12.7 Å². The summed E-state index contributed by atoms with van der Waals surface area (Å²) in [5.74, 6) is 0.287. The number of carboxylic acids is 1. The summed E-state index contributed by atoms with van der Waals surface area (Å²) in [6.07, 6.45) is 1.31. The summed E-state index contributed by atoms with van der Waals surface area (Å²) in [5, 5.41) is 12.2. The molecule has 0 atom stereocenters. The first kappa shape index (κ1) is 14.8. The third-order valence-corrected chi connectivity index (χ3v) is 2.79. The fourth-order valence-corrected chi connectivity index (χ4v) is 1.88. The summed E-state index contributed by atoms with van der Waals surface area (Å²) in [6.45, 7) is 3.83. The van der Waals surface area contributed by atoms with Crippen LogP contribution in [-0.2, 0) is 0 Å². The van der Waals surface area contributed by atoms with Crippen molar-refractivity contribution in [2.45, 2.75) is 19.9 Å². The first-order chi connectivity index (χ1) is 10.0. The maximum atomic E-state index is 11.2. The van der Waals surface area contributed by atoms with Gasteiger partial charge in [0.25, 0.3) is 0 Å². The first-order valence-corrected chi connectivity index (χ1v) is 6.53. The molecule has 2 aromatic rings. The topological polar surface area (TPSA) is 84.3 Å². The van der Waals surface area contributed by atoms with Crippen LogP contribution >= 0.6 is 0 Å². The van der Waals surface area contributed by atoms with Crippen LogP contribution in [0.15, 0.2) is 30.5 Å². The number of ether oxygens (including phenoxy) is 1. The van der Waals surface area contributed by atoms with Crippen molar-refractivity contribution in [2.75, 3.05) is 12.4 Å². The van der Waals surface area contributed by atoms with Gasteiger partial charge in [0.1, 0.15) is 17.1 Å². The van der Waals surface area contributed by atoms with E-state index in [1.54, 1.807) is 13.2 Å². The first-order valence-electron chi connectivity index (χ1n) is 6.53. The van der Waals surface area contributed by atoms with Crippen molar-refractivity contribution in [3.8, 4) is 17.1 Å². The fourth-order valence-electron chi connectivity index (χ4n) is 1.88. The van der Waals surface area contributed by atoms with Gasteiger partial charge in [0.2, 0.25) is 0 Å². The molecule has 1 aromatic heterocycles. The molecule has 0 saturated heterocycles. The van der Waals surface area contributed by atoms with Crippen LogP contribution in [0.25, 0.3) is 11.4 Å². The number of rotatable bonds is 5. The Balaban J connectivity index is 2.53. The number of aromatic carboxylic acids is 1. The minimum atomic E-state index is -1.07. The summed E-state index contributed by atoms with van der Waals surface area (Å²) in [7, 11) is 1.57. The van der Waals surface area contributed by atoms with Crippen LogP contribution in [0.1, 0.15) is 24.2 Å². The van der Waals surface area contributed by atoms with Gasteiger partial charge < -0.3 is 15.2 Å². The highest BCUT2D eigenvalue weighted by atomic mass is 16.5. The Morgan fingerprint density at radius 2 is 2.05 bits per heavy atom. The molecule has 0 aliphatic heterocycles. The van der Waals surface area contributed by atoms with Crippen LogP contribution < -0.4 is 10.1 Å². The average Bonchev–Trinajstić information content (AvgIpc) is 2.46. The second-order valence-corrected chi connectivity index (χ2v) is 4.76. The second kappa shape index (κ2) is 6.21. The summed E-state index contributed by atoms with van der Waals surface area (Å²) in [4.78, 5) is 19.7. The molecule has 0 bridgehead atoms. The highest BCUT2D eigenvalue weighted by Gasteiger charge is 2.16. The van der Waals surface area contributed by atoms with Crippen LogP contribution in [0.2, 0.25) is 0 Å². The quantitative estimate of drug-likeness (QED) is 0.879. The Labute approximate surface area is 122 Å². The number of hydrogen-bond donors (Lipinski definition) is 2. The Kier molecular flexibility index (Phi) is 4.37. The summed E-state index contributed by atoms with van der Waals surface area (Å²) < 4.78 is 5.28. The van der Waals surface area contributed by atoms with Gasteiger partial charge in [-0.1, -0.05) is 12.1 Å². The molecule has 110 valence electrons. The second-order valence-electron chi connectivity index (χ2n) is 4.76. The van der Waals surface area contributed by atoms with Crippen molar-refractivity contribution in [1.29, 1.82) is 0 Å². The number of benzene rings is 1. The van der Waals surface area contributed by atoms with Crippen molar-refractivity contribution in [2.24, 2.45) is 0 Å². The molecule has 0 radical (unpaired) electrons. The maximum Gasteiger partial charge on any atom is 0.341 e. The number of carbonyl (C=O) groups is 1. The van der Waals surface area contributed by atoms with Crippen molar-refractivity contribution < 1.29 is 14.6 Å². The van der Waals surface area contributed by atoms with Crippen molar-refractivity contribution >= 4 is 11.8 Å². The van der Waals surface area contributed by atoms with E-state index in [0.717, 1.165) is 0 Å². The zero-order valence-electron chi connectivity index (χ0n) is 12.1. The van der Waals surface area contributed by atoms with E-state index in [4.69, 9.17) is 4.74 Å². The minimum Gasteiger partial charge on any atom is -0.496 e. The molecule has 0 amide bonds. The summed E-state index contributed by atoms with van der Waals surface area (Å²) in [6, 6.07) is 7.39. The van der Waals surface area contributed by atoms with Crippen LogP contribution in [0.5, 0.6) is 5.75 Å². The number of para-hydroxylation sites is 1. The van der Waals surface area contributed by atoms with E-state index in [2.05, 4.69) is 15.3 Å². The van der Waals surface area contributed by atoms with Crippen molar-refractivity contribution in [3.63, 3.8) is 0 Å². The molecule has 0 aliphatic carbocycles. The highest BCUT2D eigenvalue weighted by molar-refractivity contribution is 5.93. The molecule has 6 nitrogen and oxygen atoms in total. The van der Waals surface area contributed by atoms with E-state index >= 15 is 0 Å². The number of aromatic nitrogens is 2. The van der Waals surface area contributed by atoms with Crippen LogP contribution in [0.3, 0.4) is 0 Å². The molecule has 1 aromatic carbocycles. The molecule has 2 N–H and O–H groups in total. The van der Waals surface area contributed by atoms with Gasteiger partial charge in [0, 0.05) is 12.2 Å². The molecule has 21 heavy (non-hydrogen) atoms. The van der Waals surface area contributed by atoms with E-state index in [1.165, 1.54) is 6.20 Å². The van der Waals surface area contributed by atoms with E-state index in [0.29, 0.717) is 23.0 Å². The zero-order chi connectivity index (χ0) is 15.4. The molecule has 0 unspecified atom stereocenters. The number of nitrogens with zero attached hydrogens (tertiary/aromatic N) is 2. The SMILES string of the molecule is COc1ccccc1-c1ncc(C(=O)O)c(NC(C)C)n1. The lowest BCUT2D eigenvalue weighted by Crippen LogP contribution is -2.16. The number of methoxy groups -OCH3 is 1. The number of nitrogens with one attached hydrogen (secondary N) is 1. The Morgan fingerprint density at radius 3 is 2.67 bits per heavy atom. The van der Waals surface area contributed by atoms with Gasteiger partial charge in [-0.2, -0.15) is 0 Å². The largest absolute Gasteiger partial charge is 0.496 e. The monoisotopic (exact) mass is 287 g/mol. The Hall–Kier alpha value is -2.63. The Morgan fingerprint density at radius 1 is 1.33 bits per heavy atom. The standard InChI is InChI=1S/C15H17N3O3/c1-9(2)17-14-11(15(19)20)8-16-13(18-14)10-6-4-5-7-12(10)21-3/h4-9H,1-3H3,(H,19,20)(H,16,17,18). The van der Waals surface area contributed by atoms with Gasteiger partial charge in [-0.15, -0.1) is 0 Å². The van der Waals surface area contributed by atoms with Crippen LogP contribution in [-0.4, -0.2) is 34.2 Å². The normalized spacial score (nSPS) is 10.5. The fraction of sp³-hybridized carbons (Fsp3) is 0.267. The molecule has 1 heterocycles. The molecular formula is C15H17N3O3. The molecule has 6 heteroatoms. The number of anilines is 1. The molecule has 0 spiro atoms.